The van der Waals surface area contributed by atoms with Gasteiger partial charge in [0.05, 0.1) is 13.2 Å². The average molecular weight is 404 g/mol. The molecule has 29 heavy (non-hydrogen) atoms. The van der Waals surface area contributed by atoms with Gasteiger partial charge in [0.2, 0.25) is 0 Å². The van der Waals surface area contributed by atoms with Crippen LogP contribution in [-0.4, -0.2) is 57.9 Å². The highest BCUT2D eigenvalue weighted by Crippen LogP contribution is 2.32. The van der Waals surface area contributed by atoms with Gasteiger partial charge in [-0.25, -0.2) is 0 Å². The Morgan fingerprint density at radius 3 is 2.62 bits per heavy atom. The fourth-order valence-electron chi connectivity index (χ4n) is 4.19. The smallest absolute Gasteiger partial charge is 0.193 e. The fraction of sp³-hybridized carbons (Fsp3) is 0.696. The Bertz CT molecular complexity index is 653. The van der Waals surface area contributed by atoms with Crippen molar-refractivity contribution in [3.63, 3.8) is 0 Å². The number of hydrogen-bond donors (Lipinski definition) is 1. The molecular weight excluding hydrogens is 366 g/mol. The summed E-state index contributed by atoms with van der Waals surface area (Å²) in [5.41, 5.74) is 1.16. The van der Waals surface area contributed by atoms with Crippen LogP contribution >= 0.6 is 0 Å². The van der Waals surface area contributed by atoms with Gasteiger partial charge >= 0.3 is 0 Å². The Hall–Kier alpha value is -1.95. The number of nitrogens with one attached hydrogen (secondary N) is 1. The zero-order chi connectivity index (χ0) is 20.5. The molecule has 0 unspecified atom stereocenters. The number of guanidine groups is 1. The quantitative estimate of drug-likeness (QED) is 0.528. The average Bonchev–Trinajstić information content (AvgIpc) is 3.27. The van der Waals surface area contributed by atoms with E-state index in [9.17, 15) is 0 Å². The Kier molecular flexibility index (Phi) is 8.47. The molecule has 6 nitrogen and oxygen atoms in total. The molecule has 1 saturated heterocycles. The Balaban J connectivity index is 1.52. The van der Waals surface area contributed by atoms with Crippen molar-refractivity contribution in [2.75, 3.05) is 41.0 Å². The zero-order valence-corrected chi connectivity index (χ0v) is 18.3. The van der Waals surface area contributed by atoms with Gasteiger partial charge in [0.25, 0.3) is 0 Å². The third-order valence-electron chi connectivity index (χ3n) is 6.06. The second kappa shape index (κ2) is 11.3. The third-order valence-corrected chi connectivity index (χ3v) is 6.06. The van der Waals surface area contributed by atoms with Crippen molar-refractivity contribution in [1.82, 2.24) is 10.2 Å². The highest BCUT2D eigenvalue weighted by Gasteiger charge is 2.19. The minimum atomic E-state index is 0.316. The first-order chi connectivity index (χ1) is 14.2. The molecule has 1 saturated carbocycles. The van der Waals surface area contributed by atoms with Gasteiger partial charge in [-0.3, -0.25) is 4.99 Å². The SMILES string of the molecule is CN=C(NCc1ccc(OC)c(OC2CCCC2)c1)N(C)CCC1CCOCC1. The summed E-state index contributed by atoms with van der Waals surface area (Å²) in [4.78, 5) is 6.67. The maximum Gasteiger partial charge on any atom is 0.193 e. The summed E-state index contributed by atoms with van der Waals surface area (Å²) >= 11 is 0. The van der Waals surface area contributed by atoms with Gasteiger partial charge in [0, 0.05) is 40.4 Å². The van der Waals surface area contributed by atoms with E-state index in [2.05, 4.69) is 34.4 Å². The fourth-order valence-corrected chi connectivity index (χ4v) is 4.19. The minimum absolute atomic E-state index is 0.316. The molecule has 0 bridgehead atoms. The molecule has 6 heteroatoms. The molecule has 1 aliphatic heterocycles. The second-order valence-corrected chi connectivity index (χ2v) is 8.18. The molecule has 2 fully saturated rings. The Labute approximate surface area is 175 Å². The number of hydrogen-bond acceptors (Lipinski definition) is 4. The molecule has 0 radical (unpaired) electrons. The topological polar surface area (TPSA) is 55.3 Å². The van der Waals surface area contributed by atoms with E-state index in [1.54, 1.807) is 7.11 Å². The molecule has 1 aromatic carbocycles. The summed E-state index contributed by atoms with van der Waals surface area (Å²) < 4.78 is 17.2. The molecule has 0 spiro atoms. The molecule has 1 N–H and O–H groups in total. The summed E-state index contributed by atoms with van der Waals surface area (Å²) in [6.07, 6.45) is 8.63. The van der Waals surface area contributed by atoms with Gasteiger partial charge in [-0.2, -0.15) is 0 Å². The van der Waals surface area contributed by atoms with Crippen molar-refractivity contribution in [2.24, 2.45) is 10.9 Å². The maximum atomic E-state index is 6.22. The number of aliphatic imine (C=N–C) groups is 1. The van der Waals surface area contributed by atoms with Crippen molar-refractivity contribution in [1.29, 1.82) is 0 Å². The normalized spacial score (nSPS) is 18.7. The van der Waals surface area contributed by atoms with Crippen molar-refractivity contribution >= 4 is 5.96 Å². The van der Waals surface area contributed by atoms with Gasteiger partial charge in [0.1, 0.15) is 0 Å². The largest absolute Gasteiger partial charge is 0.493 e. The lowest BCUT2D eigenvalue weighted by Gasteiger charge is -2.27. The Morgan fingerprint density at radius 1 is 1.17 bits per heavy atom. The standard InChI is InChI=1S/C23H37N3O3/c1-24-23(26(2)13-10-18-11-14-28-15-12-18)25-17-19-8-9-21(27-3)22(16-19)29-20-6-4-5-7-20/h8-9,16,18,20H,4-7,10-15,17H2,1-3H3,(H,24,25). The van der Waals surface area contributed by atoms with Crippen LogP contribution in [0.3, 0.4) is 0 Å². The molecule has 162 valence electrons. The summed E-state index contributed by atoms with van der Waals surface area (Å²) in [5.74, 6) is 3.34. The van der Waals surface area contributed by atoms with Crippen molar-refractivity contribution in [2.45, 2.75) is 57.6 Å². The van der Waals surface area contributed by atoms with Crippen LogP contribution in [0, 0.1) is 5.92 Å². The number of benzene rings is 1. The molecular formula is C23H37N3O3. The molecule has 1 aliphatic carbocycles. The molecule has 0 amide bonds. The van der Waals surface area contributed by atoms with Crippen LogP contribution in [0.5, 0.6) is 11.5 Å². The molecule has 3 rings (SSSR count). The van der Waals surface area contributed by atoms with Gasteiger partial charge in [-0.1, -0.05) is 6.07 Å². The van der Waals surface area contributed by atoms with Gasteiger partial charge < -0.3 is 24.4 Å². The highest BCUT2D eigenvalue weighted by atomic mass is 16.5. The molecule has 1 heterocycles. The van der Waals surface area contributed by atoms with E-state index in [4.69, 9.17) is 14.2 Å². The lowest BCUT2D eigenvalue weighted by atomic mass is 9.96. The van der Waals surface area contributed by atoms with Crippen molar-refractivity contribution < 1.29 is 14.2 Å². The molecule has 2 aliphatic rings. The number of rotatable bonds is 8. The van der Waals surface area contributed by atoms with Crippen LogP contribution in [0.1, 0.15) is 50.5 Å². The molecule has 1 aromatic rings. The van der Waals surface area contributed by atoms with E-state index >= 15 is 0 Å². The maximum absolute atomic E-state index is 6.22. The van der Waals surface area contributed by atoms with E-state index < -0.39 is 0 Å². The van der Waals surface area contributed by atoms with Gasteiger partial charge in [-0.15, -0.1) is 0 Å². The predicted octanol–water partition coefficient (Wildman–Crippen LogP) is 3.84. The van der Waals surface area contributed by atoms with Gasteiger partial charge in [-0.05, 0) is 68.6 Å². The van der Waals surface area contributed by atoms with Crippen molar-refractivity contribution in [3.05, 3.63) is 23.8 Å². The van der Waals surface area contributed by atoms with E-state index in [0.717, 1.165) is 61.5 Å². The lowest BCUT2D eigenvalue weighted by molar-refractivity contribution is 0.0625. The Morgan fingerprint density at radius 2 is 1.93 bits per heavy atom. The van der Waals surface area contributed by atoms with E-state index in [0.29, 0.717) is 12.6 Å². The summed E-state index contributed by atoms with van der Waals surface area (Å²) in [6, 6.07) is 6.18. The van der Waals surface area contributed by atoms with Crippen LogP contribution in [0.2, 0.25) is 0 Å². The van der Waals surface area contributed by atoms with E-state index in [1.807, 2.05) is 13.1 Å². The van der Waals surface area contributed by atoms with Crippen molar-refractivity contribution in [3.8, 4) is 11.5 Å². The number of ether oxygens (including phenoxy) is 3. The molecule has 0 atom stereocenters. The number of nitrogens with zero attached hydrogens (tertiary/aromatic N) is 2. The van der Waals surface area contributed by atoms with E-state index in [-0.39, 0.29) is 0 Å². The number of methoxy groups -OCH3 is 1. The first-order valence-electron chi connectivity index (χ1n) is 11.0. The highest BCUT2D eigenvalue weighted by molar-refractivity contribution is 5.79. The van der Waals surface area contributed by atoms with Crippen LogP contribution in [0.25, 0.3) is 0 Å². The monoisotopic (exact) mass is 403 g/mol. The summed E-state index contributed by atoms with van der Waals surface area (Å²) in [5, 5.41) is 3.49. The summed E-state index contributed by atoms with van der Waals surface area (Å²) in [7, 11) is 5.65. The van der Waals surface area contributed by atoms with Crippen LogP contribution in [-0.2, 0) is 11.3 Å². The lowest BCUT2D eigenvalue weighted by Crippen LogP contribution is -2.39. The third kappa shape index (κ3) is 6.53. The van der Waals surface area contributed by atoms with Crippen LogP contribution in [0.15, 0.2) is 23.2 Å². The van der Waals surface area contributed by atoms with Crippen LogP contribution < -0.4 is 14.8 Å². The summed E-state index contributed by atoms with van der Waals surface area (Å²) in [6.45, 7) is 3.52. The zero-order valence-electron chi connectivity index (χ0n) is 18.3. The minimum Gasteiger partial charge on any atom is -0.493 e. The second-order valence-electron chi connectivity index (χ2n) is 8.18. The first-order valence-corrected chi connectivity index (χ1v) is 11.0. The molecule has 0 aromatic heterocycles. The van der Waals surface area contributed by atoms with E-state index in [1.165, 1.54) is 32.1 Å². The first kappa shape index (κ1) is 21.8. The van der Waals surface area contributed by atoms with Crippen LogP contribution in [0.4, 0.5) is 0 Å². The predicted molar refractivity (Wildman–Crippen MR) is 117 cm³/mol. The van der Waals surface area contributed by atoms with Gasteiger partial charge in [0.15, 0.2) is 17.5 Å².